The molecule has 0 aromatic carbocycles. The molecule has 3 heteroatoms. The first kappa shape index (κ1) is 9.52. The average molecular weight is 171 g/mol. The SMILES string of the molecule is COCN1C(=O)CC1CC(C)C. The molecule has 0 aromatic heterocycles. The van der Waals surface area contributed by atoms with Crippen molar-refractivity contribution in [1.82, 2.24) is 4.90 Å². The average Bonchev–Trinajstić information content (AvgIpc) is 1.99. The van der Waals surface area contributed by atoms with E-state index in [0.29, 0.717) is 25.1 Å². The number of ether oxygens (including phenoxy) is 1. The minimum atomic E-state index is 0.225. The molecule has 0 N–H and O–H groups in total. The van der Waals surface area contributed by atoms with Gasteiger partial charge in [0.1, 0.15) is 6.73 Å². The van der Waals surface area contributed by atoms with Gasteiger partial charge < -0.3 is 9.64 Å². The van der Waals surface area contributed by atoms with E-state index in [1.165, 1.54) is 0 Å². The van der Waals surface area contributed by atoms with Crippen molar-refractivity contribution in [2.24, 2.45) is 5.92 Å². The molecular weight excluding hydrogens is 154 g/mol. The lowest BCUT2D eigenvalue weighted by Crippen LogP contribution is -2.53. The topological polar surface area (TPSA) is 29.5 Å². The molecule has 1 aliphatic heterocycles. The monoisotopic (exact) mass is 171 g/mol. The lowest BCUT2D eigenvalue weighted by molar-refractivity contribution is -0.154. The summed E-state index contributed by atoms with van der Waals surface area (Å²) in [5, 5.41) is 0. The van der Waals surface area contributed by atoms with Crippen molar-refractivity contribution < 1.29 is 9.53 Å². The standard InChI is InChI=1S/C9H17NO2/c1-7(2)4-8-5-9(11)10(8)6-12-3/h7-8H,4-6H2,1-3H3. The number of amides is 1. The van der Waals surface area contributed by atoms with E-state index in [2.05, 4.69) is 13.8 Å². The maximum Gasteiger partial charge on any atom is 0.226 e. The molecule has 1 rings (SSSR count). The molecule has 12 heavy (non-hydrogen) atoms. The zero-order chi connectivity index (χ0) is 9.14. The Labute approximate surface area is 73.7 Å². The molecule has 1 aliphatic rings. The fraction of sp³-hybridized carbons (Fsp3) is 0.889. The van der Waals surface area contributed by atoms with E-state index < -0.39 is 0 Å². The molecule has 1 heterocycles. The summed E-state index contributed by atoms with van der Waals surface area (Å²) in [4.78, 5) is 12.9. The number of β-lactam (4-membered cyclic amide) rings is 1. The summed E-state index contributed by atoms with van der Waals surface area (Å²) in [6, 6.07) is 0.428. The van der Waals surface area contributed by atoms with Crippen LogP contribution in [0.25, 0.3) is 0 Å². The number of likely N-dealkylation sites (tertiary alicyclic amines) is 1. The highest BCUT2D eigenvalue weighted by Gasteiger charge is 2.35. The van der Waals surface area contributed by atoms with Gasteiger partial charge in [0.05, 0.1) is 0 Å². The van der Waals surface area contributed by atoms with Crippen molar-refractivity contribution in [3.05, 3.63) is 0 Å². The van der Waals surface area contributed by atoms with E-state index in [4.69, 9.17) is 4.74 Å². The molecule has 1 saturated heterocycles. The Morgan fingerprint density at radius 1 is 1.67 bits per heavy atom. The van der Waals surface area contributed by atoms with Crippen molar-refractivity contribution in [1.29, 1.82) is 0 Å². The summed E-state index contributed by atoms with van der Waals surface area (Å²) in [5.41, 5.74) is 0. The van der Waals surface area contributed by atoms with E-state index in [0.717, 1.165) is 6.42 Å². The molecule has 70 valence electrons. The number of hydrogen-bond donors (Lipinski definition) is 0. The first-order valence-corrected chi connectivity index (χ1v) is 4.43. The molecule has 0 aliphatic carbocycles. The van der Waals surface area contributed by atoms with Crippen LogP contribution in [0.3, 0.4) is 0 Å². The van der Waals surface area contributed by atoms with Crippen molar-refractivity contribution in [3.63, 3.8) is 0 Å². The zero-order valence-corrected chi connectivity index (χ0v) is 8.04. The van der Waals surface area contributed by atoms with Gasteiger partial charge in [-0.25, -0.2) is 0 Å². The molecule has 0 aromatic rings. The first-order chi connectivity index (χ1) is 5.65. The summed E-state index contributed by atoms with van der Waals surface area (Å²) in [6.07, 6.45) is 1.80. The highest BCUT2D eigenvalue weighted by Crippen LogP contribution is 2.24. The largest absolute Gasteiger partial charge is 0.364 e. The molecule has 0 radical (unpaired) electrons. The second kappa shape index (κ2) is 3.90. The molecule has 1 unspecified atom stereocenters. The Balaban J connectivity index is 2.32. The van der Waals surface area contributed by atoms with Gasteiger partial charge in [-0.2, -0.15) is 0 Å². The second-order valence-corrected chi connectivity index (χ2v) is 3.77. The maximum atomic E-state index is 11.1. The fourth-order valence-corrected chi connectivity index (χ4v) is 1.59. The molecule has 0 spiro atoms. The molecule has 1 amide bonds. The van der Waals surface area contributed by atoms with Gasteiger partial charge in [0, 0.05) is 19.6 Å². The number of nitrogens with zero attached hydrogens (tertiary/aromatic N) is 1. The first-order valence-electron chi connectivity index (χ1n) is 4.43. The van der Waals surface area contributed by atoms with Gasteiger partial charge in [0.2, 0.25) is 5.91 Å². The van der Waals surface area contributed by atoms with Gasteiger partial charge in [-0.15, -0.1) is 0 Å². The lowest BCUT2D eigenvalue weighted by atomic mass is 9.93. The number of carbonyl (C=O) groups is 1. The minimum Gasteiger partial charge on any atom is -0.364 e. The number of methoxy groups -OCH3 is 1. The third-order valence-electron chi connectivity index (χ3n) is 2.18. The van der Waals surface area contributed by atoms with Crippen LogP contribution in [0.5, 0.6) is 0 Å². The Morgan fingerprint density at radius 2 is 2.33 bits per heavy atom. The molecule has 1 atom stereocenters. The Kier molecular flexibility index (Phi) is 3.09. The lowest BCUT2D eigenvalue weighted by Gasteiger charge is -2.40. The van der Waals surface area contributed by atoms with Crippen LogP contribution in [0.4, 0.5) is 0 Å². The third-order valence-corrected chi connectivity index (χ3v) is 2.18. The van der Waals surface area contributed by atoms with Crippen molar-refractivity contribution in [2.75, 3.05) is 13.8 Å². The molecule has 1 fully saturated rings. The number of carbonyl (C=O) groups excluding carboxylic acids is 1. The summed E-state index contributed by atoms with van der Waals surface area (Å²) in [5.74, 6) is 0.880. The highest BCUT2D eigenvalue weighted by molar-refractivity contribution is 5.82. The van der Waals surface area contributed by atoms with Crippen LogP contribution in [0.2, 0.25) is 0 Å². The van der Waals surface area contributed by atoms with Crippen LogP contribution >= 0.6 is 0 Å². The fourth-order valence-electron chi connectivity index (χ4n) is 1.59. The van der Waals surface area contributed by atoms with Crippen LogP contribution < -0.4 is 0 Å². The minimum absolute atomic E-state index is 0.225. The summed E-state index contributed by atoms with van der Waals surface area (Å²) >= 11 is 0. The predicted molar refractivity (Wildman–Crippen MR) is 46.6 cm³/mol. The third kappa shape index (κ3) is 1.97. The van der Waals surface area contributed by atoms with E-state index in [9.17, 15) is 4.79 Å². The zero-order valence-electron chi connectivity index (χ0n) is 8.04. The predicted octanol–water partition coefficient (Wildman–Crippen LogP) is 1.24. The Hall–Kier alpha value is -0.570. The van der Waals surface area contributed by atoms with Crippen molar-refractivity contribution in [3.8, 4) is 0 Å². The van der Waals surface area contributed by atoms with E-state index in [-0.39, 0.29) is 5.91 Å². The van der Waals surface area contributed by atoms with Crippen molar-refractivity contribution in [2.45, 2.75) is 32.7 Å². The summed E-state index contributed by atoms with van der Waals surface area (Å²) < 4.78 is 4.93. The van der Waals surface area contributed by atoms with Gasteiger partial charge in [-0.3, -0.25) is 4.79 Å². The van der Waals surface area contributed by atoms with Gasteiger partial charge in [-0.1, -0.05) is 13.8 Å². The Bertz CT molecular complexity index is 168. The number of hydrogen-bond acceptors (Lipinski definition) is 2. The van der Waals surface area contributed by atoms with Gasteiger partial charge in [0.15, 0.2) is 0 Å². The normalized spacial score (nSPS) is 23.2. The molecule has 3 nitrogen and oxygen atoms in total. The molecule has 0 saturated carbocycles. The van der Waals surface area contributed by atoms with E-state index in [1.54, 1.807) is 12.0 Å². The quantitative estimate of drug-likeness (QED) is 0.595. The van der Waals surface area contributed by atoms with Crippen LogP contribution in [0.1, 0.15) is 26.7 Å². The summed E-state index contributed by atoms with van der Waals surface area (Å²) in [6.45, 7) is 4.80. The van der Waals surface area contributed by atoms with Crippen LogP contribution in [-0.4, -0.2) is 30.7 Å². The van der Waals surface area contributed by atoms with Crippen LogP contribution in [0, 0.1) is 5.92 Å². The Morgan fingerprint density at radius 3 is 2.75 bits per heavy atom. The molecular formula is C9H17NO2. The number of rotatable bonds is 4. The summed E-state index contributed by atoms with van der Waals surface area (Å²) in [7, 11) is 1.62. The van der Waals surface area contributed by atoms with Gasteiger partial charge in [0.25, 0.3) is 0 Å². The smallest absolute Gasteiger partial charge is 0.226 e. The van der Waals surface area contributed by atoms with E-state index >= 15 is 0 Å². The second-order valence-electron chi connectivity index (χ2n) is 3.77. The maximum absolute atomic E-state index is 11.1. The van der Waals surface area contributed by atoms with E-state index in [1.807, 2.05) is 0 Å². The van der Waals surface area contributed by atoms with Gasteiger partial charge in [-0.05, 0) is 12.3 Å². The van der Waals surface area contributed by atoms with Gasteiger partial charge >= 0.3 is 0 Å². The molecule has 0 bridgehead atoms. The van der Waals surface area contributed by atoms with Crippen LogP contribution in [0.15, 0.2) is 0 Å². The van der Waals surface area contributed by atoms with Crippen LogP contribution in [-0.2, 0) is 9.53 Å². The van der Waals surface area contributed by atoms with Crippen molar-refractivity contribution >= 4 is 5.91 Å². The highest BCUT2D eigenvalue weighted by atomic mass is 16.5.